The van der Waals surface area contributed by atoms with Crippen LogP contribution in [0.1, 0.15) is 31.8 Å². The van der Waals surface area contributed by atoms with Gasteiger partial charge in [-0.25, -0.2) is 4.39 Å². The fraction of sp³-hybridized carbons (Fsp3) is 0.200. The second kappa shape index (κ2) is 10.5. The molecule has 0 aliphatic heterocycles. The van der Waals surface area contributed by atoms with Crippen LogP contribution in [0.2, 0.25) is 0 Å². The smallest absolute Gasteiger partial charge is 0.255 e. The number of nitrogens with zero attached hydrogens (tertiary/aromatic N) is 1. The molecule has 3 aromatic carbocycles. The van der Waals surface area contributed by atoms with Gasteiger partial charge in [-0.05, 0) is 67.7 Å². The summed E-state index contributed by atoms with van der Waals surface area (Å²) in [7, 11) is 5.54. The molecule has 0 unspecified atom stereocenters. The maximum absolute atomic E-state index is 13.8. The molecule has 6 nitrogen and oxygen atoms in total. The molecule has 0 radical (unpaired) electrons. The largest absolute Gasteiger partial charge is 0.497 e. The third kappa shape index (κ3) is 6.15. The second-order valence-corrected chi connectivity index (χ2v) is 7.61. The van der Waals surface area contributed by atoms with E-state index >= 15 is 0 Å². The minimum Gasteiger partial charge on any atom is -0.497 e. The first-order valence-electron chi connectivity index (χ1n) is 10.1. The van der Waals surface area contributed by atoms with E-state index in [0.717, 1.165) is 18.2 Å². The number of methoxy groups -OCH3 is 1. The molecule has 0 fully saturated rings. The first kappa shape index (κ1) is 23.0. The SMILES string of the molecule is COc1ccc(C(=O)Nc2cc(F)ccc2C(=O)NCc2ccc(CN(C)C)cc2)cc1. The molecule has 0 bridgehead atoms. The molecule has 3 rings (SSSR count). The summed E-state index contributed by atoms with van der Waals surface area (Å²) in [6.45, 7) is 1.14. The van der Waals surface area contributed by atoms with E-state index in [9.17, 15) is 14.0 Å². The summed E-state index contributed by atoms with van der Waals surface area (Å²) < 4.78 is 18.9. The van der Waals surface area contributed by atoms with E-state index < -0.39 is 17.6 Å². The Labute approximate surface area is 187 Å². The number of hydrogen-bond acceptors (Lipinski definition) is 4. The number of nitrogens with one attached hydrogen (secondary N) is 2. The van der Waals surface area contributed by atoms with Crippen LogP contribution in [0.4, 0.5) is 10.1 Å². The van der Waals surface area contributed by atoms with Crippen LogP contribution in [0.5, 0.6) is 5.75 Å². The maximum atomic E-state index is 13.8. The van der Waals surface area contributed by atoms with Crippen molar-refractivity contribution in [3.63, 3.8) is 0 Å². The summed E-state index contributed by atoms with van der Waals surface area (Å²) in [5.41, 5.74) is 2.75. The molecular formula is C25H26FN3O3. The summed E-state index contributed by atoms with van der Waals surface area (Å²) in [4.78, 5) is 27.4. The van der Waals surface area contributed by atoms with Crippen molar-refractivity contribution in [3.8, 4) is 5.75 Å². The van der Waals surface area contributed by atoms with Gasteiger partial charge in [0.15, 0.2) is 0 Å². The Bertz CT molecular complexity index is 1080. The lowest BCUT2D eigenvalue weighted by atomic mass is 10.1. The van der Waals surface area contributed by atoms with Crippen molar-refractivity contribution in [2.24, 2.45) is 0 Å². The number of rotatable bonds is 8. The Hall–Kier alpha value is -3.71. The van der Waals surface area contributed by atoms with Crippen molar-refractivity contribution < 1.29 is 18.7 Å². The van der Waals surface area contributed by atoms with Gasteiger partial charge >= 0.3 is 0 Å². The molecule has 7 heteroatoms. The summed E-state index contributed by atoms with van der Waals surface area (Å²) >= 11 is 0. The van der Waals surface area contributed by atoms with Crippen LogP contribution in [-0.4, -0.2) is 37.9 Å². The number of halogens is 1. The quantitative estimate of drug-likeness (QED) is 0.559. The number of anilines is 1. The van der Waals surface area contributed by atoms with Crippen LogP contribution in [0, 0.1) is 5.82 Å². The molecule has 0 heterocycles. The van der Waals surface area contributed by atoms with E-state index in [2.05, 4.69) is 15.5 Å². The Morgan fingerprint density at radius 1 is 0.906 bits per heavy atom. The highest BCUT2D eigenvalue weighted by Gasteiger charge is 2.16. The lowest BCUT2D eigenvalue weighted by molar-refractivity contribution is 0.0951. The molecule has 0 spiro atoms. The van der Waals surface area contributed by atoms with Crippen LogP contribution in [0.25, 0.3) is 0 Å². The van der Waals surface area contributed by atoms with Crippen molar-refractivity contribution in [2.75, 3.05) is 26.5 Å². The molecule has 0 aliphatic rings. The maximum Gasteiger partial charge on any atom is 0.255 e. The molecule has 0 saturated heterocycles. The summed E-state index contributed by atoms with van der Waals surface area (Å²) in [5.74, 6) is -0.804. The highest BCUT2D eigenvalue weighted by molar-refractivity contribution is 6.09. The van der Waals surface area contributed by atoms with Gasteiger partial charge < -0.3 is 20.3 Å². The van der Waals surface area contributed by atoms with E-state index in [1.807, 2.05) is 38.4 Å². The number of carbonyl (C=O) groups is 2. The Morgan fingerprint density at radius 2 is 1.56 bits per heavy atom. The van der Waals surface area contributed by atoms with E-state index in [1.54, 1.807) is 24.3 Å². The number of hydrogen-bond donors (Lipinski definition) is 2. The minimum absolute atomic E-state index is 0.102. The van der Waals surface area contributed by atoms with E-state index in [1.165, 1.54) is 24.8 Å². The third-order valence-corrected chi connectivity index (χ3v) is 4.80. The Kier molecular flexibility index (Phi) is 7.57. The van der Waals surface area contributed by atoms with Gasteiger partial charge in [0.05, 0.1) is 18.4 Å². The molecule has 3 aromatic rings. The number of carbonyl (C=O) groups excluding carboxylic acids is 2. The monoisotopic (exact) mass is 435 g/mol. The average molecular weight is 435 g/mol. The first-order valence-corrected chi connectivity index (χ1v) is 10.1. The van der Waals surface area contributed by atoms with Gasteiger partial charge in [0.1, 0.15) is 11.6 Å². The van der Waals surface area contributed by atoms with Crippen molar-refractivity contribution in [2.45, 2.75) is 13.1 Å². The zero-order chi connectivity index (χ0) is 23.1. The first-order chi connectivity index (χ1) is 15.4. The van der Waals surface area contributed by atoms with Crippen LogP contribution in [0.3, 0.4) is 0 Å². The van der Waals surface area contributed by atoms with Crippen LogP contribution < -0.4 is 15.4 Å². The van der Waals surface area contributed by atoms with Crippen molar-refractivity contribution >= 4 is 17.5 Å². The average Bonchev–Trinajstić information content (AvgIpc) is 2.78. The molecular weight excluding hydrogens is 409 g/mol. The molecule has 0 saturated carbocycles. The predicted molar refractivity (Wildman–Crippen MR) is 122 cm³/mol. The van der Waals surface area contributed by atoms with E-state index in [0.29, 0.717) is 17.9 Å². The molecule has 0 atom stereocenters. The Morgan fingerprint density at radius 3 is 2.19 bits per heavy atom. The van der Waals surface area contributed by atoms with Crippen LogP contribution in [0.15, 0.2) is 66.7 Å². The zero-order valence-corrected chi connectivity index (χ0v) is 18.3. The lowest BCUT2D eigenvalue weighted by Crippen LogP contribution is -2.25. The molecule has 2 amide bonds. The highest BCUT2D eigenvalue weighted by atomic mass is 19.1. The fourth-order valence-electron chi connectivity index (χ4n) is 3.16. The summed E-state index contributed by atoms with van der Waals surface area (Å²) in [5, 5.41) is 5.45. The summed E-state index contributed by atoms with van der Waals surface area (Å²) in [6.07, 6.45) is 0. The summed E-state index contributed by atoms with van der Waals surface area (Å²) in [6, 6.07) is 18.1. The highest BCUT2D eigenvalue weighted by Crippen LogP contribution is 2.20. The topological polar surface area (TPSA) is 70.7 Å². The zero-order valence-electron chi connectivity index (χ0n) is 18.3. The number of ether oxygens (including phenoxy) is 1. The molecule has 32 heavy (non-hydrogen) atoms. The van der Waals surface area contributed by atoms with Gasteiger partial charge in [0, 0.05) is 18.7 Å². The number of amides is 2. The van der Waals surface area contributed by atoms with Gasteiger partial charge in [-0.3, -0.25) is 9.59 Å². The van der Waals surface area contributed by atoms with Crippen molar-refractivity contribution in [1.82, 2.24) is 10.2 Å². The van der Waals surface area contributed by atoms with Crippen LogP contribution in [-0.2, 0) is 13.1 Å². The van der Waals surface area contributed by atoms with Gasteiger partial charge in [-0.1, -0.05) is 24.3 Å². The lowest BCUT2D eigenvalue weighted by Gasteiger charge is -2.13. The third-order valence-electron chi connectivity index (χ3n) is 4.80. The molecule has 0 aromatic heterocycles. The molecule has 0 aliphatic carbocycles. The number of benzene rings is 3. The van der Waals surface area contributed by atoms with E-state index in [4.69, 9.17) is 4.74 Å². The van der Waals surface area contributed by atoms with Gasteiger partial charge in [-0.2, -0.15) is 0 Å². The predicted octanol–water partition coefficient (Wildman–Crippen LogP) is 4.08. The molecule has 2 N–H and O–H groups in total. The second-order valence-electron chi connectivity index (χ2n) is 7.61. The van der Waals surface area contributed by atoms with Gasteiger partial charge in [0.2, 0.25) is 0 Å². The van der Waals surface area contributed by atoms with E-state index in [-0.39, 0.29) is 11.3 Å². The van der Waals surface area contributed by atoms with Crippen LogP contribution >= 0.6 is 0 Å². The van der Waals surface area contributed by atoms with Crippen molar-refractivity contribution in [1.29, 1.82) is 0 Å². The van der Waals surface area contributed by atoms with Gasteiger partial charge in [-0.15, -0.1) is 0 Å². The minimum atomic E-state index is -0.553. The Balaban J connectivity index is 1.69. The normalized spacial score (nSPS) is 10.7. The van der Waals surface area contributed by atoms with Gasteiger partial charge in [0.25, 0.3) is 11.8 Å². The molecule has 166 valence electrons. The van der Waals surface area contributed by atoms with Crippen molar-refractivity contribution in [3.05, 3.63) is 94.8 Å². The fourth-order valence-corrected chi connectivity index (χ4v) is 3.16. The standard InChI is InChI=1S/C25H26FN3O3/c1-29(2)16-18-6-4-17(5-7-18)15-27-25(31)22-13-10-20(26)14-23(22)28-24(30)19-8-11-21(32-3)12-9-19/h4-14H,15-16H2,1-3H3,(H,27,31)(H,28,30).